The van der Waals surface area contributed by atoms with Crippen molar-refractivity contribution in [2.75, 3.05) is 52.4 Å². The highest BCUT2D eigenvalue weighted by Gasteiger charge is 2.29. The Hall–Kier alpha value is -2.84. The predicted octanol–water partition coefficient (Wildman–Crippen LogP) is 4.16. The van der Waals surface area contributed by atoms with E-state index in [1.807, 2.05) is 18.2 Å². The predicted molar refractivity (Wildman–Crippen MR) is 129 cm³/mol. The van der Waals surface area contributed by atoms with Gasteiger partial charge in [0.05, 0.1) is 26.2 Å². The summed E-state index contributed by atoms with van der Waals surface area (Å²) >= 11 is 7.51. The molecule has 7 nitrogen and oxygen atoms in total. The number of piperazine rings is 1. The van der Waals surface area contributed by atoms with Crippen LogP contribution in [0.3, 0.4) is 0 Å². The maximum Gasteiger partial charge on any atom is 0.286 e. The minimum atomic E-state index is -0.251. The number of hydrogen-bond donors (Lipinski definition) is 0. The molecule has 2 aliphatic rings. The van der Waals surface area contributed by atoms with Crippen LogP contribution >= 0.6 is 23.4 Å². The fourth-order valence-electron chi connectivity index (χ4n) is 3.67. The molecule has 1 saturated heterocycles. The van der Waals surface area contributed by atoms with Crippen molar-refractivity contribution in [2.45, 2.75) is 0 Å². The highest BCUT2D eigenvalue weighted by Crippen LogP contribution is 2.38. The van der Waals surface area contributed by atoms with Crippen LogP contribution in [0.4, 0.5) is 5.69 Å². The number of thioether (sulfide) groups is 1. The number of amidine groups is 1. The largest absolute Gasteiger partial charge is 0.496 e. The highest BCUT2D eigenvalue weighted by atomic mass is 35.5. The van der Waals surface area contributed by atoms with E-state index in [9.17, 15) is 4.79 Å². The molecule has 32 heavy (non-hydrogen) atoms. The van der Waals surface area contributed by atoms with Crippen molar-refractivity contribution < 1.29 is 19.0 Å². The molecule has 0 N–H and O–H groups in total. The fraction of sp³-hybridized carbons (Fsp3) is 0.304. The smallest absolute Gasteiger partial charge is 0.286 e. The SMILES string of the molecule is COc1cc(OC)c(OC)cc1/C=C1\SC(N2CCN(c3cccc(Cl)c3)CC2)=NC1=O. The summed E-state index contributed by atoms with van der Waals surface area (Å²) in [6.07, 6.45) is 1.78. The molecule has 0 radical (unpaired) electrons. The maximum absolute atomic E-state index is 12.6. The summed E-state index contributed by atoms with van der Waals surface area (Å²) in [4.78, 5) is 21.9. The van der Waals surface area contributed by atoms with Crippen LogP contribution in [0.15, 0.2) is 46.3 Å². The summed E-state index contributed by atoms with van der Waals surface area (Å²) in [5, 5.41) is 1.46. The number of hydrogen-bond acceptors (Lipinski definition) is 7. The van der Waals surface area contributed by atoms with E-state index in [-0.39, 0.29) is 5.91 Å². The number of amides is 1. The third kappa shape index (κ3) is 4.66. The standard InChI is InChI=1S/C23H24ClN3O4S/c1-29-18-14-20(31-3)19(30-2)11-15(18)12-21-22(28)25-23(32-21)27-9-7-26(8-10-27)17-6-4-5-16(24)13-17/h4-6,11-14H,7-10H2,1-3H3/b21-12-. The van der Waals surface area contributed by atoms with Crippen LogP contribution in [-0.4, -0.2) is 63.5 Å². The first-order chi connectivity index (χ1) is 15.5. The second-order valence-corrected chi connectivity index (χ2v) is 8.66. The van der Waals surface area contributed by atoms with Gasteiger partial charge in [-0.05, 0) is 42.1 Å². The van der Waals surface area contributed by atoms with Gasteiger partial charge in [0.15, 0.2) is 16.7 Å². The van der Waals surface area contributed by atoms with Crippen LogP contribution in [0.25, 0.3) is 6.08 Å². The molecule has 2 aliphatic heterocycles. The highest BCUT2D eigenvalue weighted by molar-refractivity contribution is 8.18. The Bertz CT molecular complexity index is 1080. The van der Waals surface area contributed by atoms with Crippen LogP contribution in [0.1, 0.15) is 5.56 Å². The monoisotopic (exact) mass is 473 g/mol. The van der Waals surface area contributed by atoms with Crippen LogP contribution in [0.2, 0.25) is 5.02 Å². The van der Waals surface area contributed by atoms with E-state index in [4.69, 9.17) is 25.8 Å². The van der Waals surface area contributed by atoms with Gasteiger partial charge in [-0.2, -0.15) is 4.99 Å². The van der Waals surface area contributed by atoms with Crippen molar-refractivity contribution >= 4 is 46.2 Å². The molecule has 0 aliphatic carbocycles. The number of ether oxygens (including phenoxy) is 3. The average molecular weight is 474 g/mol. The van der Waals surface area contributed by atoms with E-state index in [0.717, 1.165) is 47.6 Å². The molecule has 2 aromatic carbocycles. The Morgan fingerprint density at radius 2 is 1.59 bits per heavy atom. The van der Waals surface area contributed by atoms with Gasteiger partial charge in [-0.1, -0.05) is 17.7 Å². The molecule has 1 fully saturated rings. The van der Waals surface area contributed by atoms with Gasteiger partial charge in [0.1, 0.15) is 5.75 Å². The lowest BCUT2D eigenvalue weighted by atomic mass is 10.1. The minimum Gasteiger partial charge on any atom is -0.496 e. The van der Waals surface area contributed by atoms with Crippen molar-refractivity contribution in [3.05, 3.63) is 51.9 Å². The third-order valence-electron chi connectivity index (χ3n) is 5.36. The molecule has 2 aromatic rings. The van der Waals surface area contributed by atoms with E-state index in [0.29, 0.717) is 22.2 Å². The van der Waals surface area contributed by atoms with Gasteiger partial charge >= 0.3 is 0 Å². The third-order valence-corrected chi connectivity index (χ3v) is 6.63. The number of carbonyl (C=O) groups is 1. The molecule has 0 saturated carbocycles. The quantitative estimate of drug-likeness (QED) is 0.604. The van der Waals surface area contributed by atoms with Crippen LogP contribution in [0, 0.1) is 0 Å². The molecular weight excluding hydrogens is 450 g/mol. The van der Waals surface area contributed by atoms with Gasteiger partial charge in [0, 0.05) is 48.5 Å². The summed E-state index contributed by atoms with van der Waals surface area (Å²) < 4.78 is 16.2. The first-order valence-corrected chi connectivity index (χ1v) is 11.3. The number of methoxy groups -OCH3 is 3. The van der Waals surface area contributed by atoms with Gasteiger partial charge in [0.2, 0.25) is 0 Å². The lowest BCUT2D eigenvalue weighted by Gasteiger charge is -2.36. The second kappa shape index (κ2) is 9.75. The molecule has 2 heterocycles. The normalized spacial score (nSPS) is 17.6. The zero-order valence-electron chi connectivity index (χ0n) is 18.1. The Balaban J connectivity index is 1.47. The summed E-state index contributed by atoms with van der Waals surface area (Å²) in [6.45, 7) is 3.21. The number of nitrogens with zero attached hydrogens (tertiary/aromatic N) is 3. The molecular formula is C23H24ClN3O4S. The minimum absolute atomic E-state index is 0.251. The van der Waals surface area contributed by atoms with Crippen molar-refractivity contribution in [3.8, 4) is 17.2 Å². The molecule has 0 bridgehead atoms. The zero-order chi connectivity index (χ0) is 22.7. The zero-order valence-corrected chi connectivity index (χ0v) is 19.7. The first kappa shape index (κ1) is 22.4. The van der Waals surface area contributed by atoms with Crippen molar-refractivity contribution in [1.29, 1.82) is 0 Å². The summed E-state index contributed by atoms with van der Waals surface area (Å²) in [5.74, 6) is 1.46. The summed E-state index contributed by atoms with van der Waals surface area (Å²) in [7, 11) is 4.72. The lowest BCUT2D eigenvalue weighted by molar-refractivity contribution is -0.113. The van der Waals surface area contributed by atoms with E-state index in [1.54, 1.807) is 39.5 Å². The number of anilines is 1. The summed E-state index contributed by atoms with van der Waals surface area (Å²) in [6, 6.07) is 11.4. The van der Waals surface area contributed by atoms with E-state index < -0.39 is 0 Å². The Labute approximate surface area is 196 Å². The van der Waals surface area contributed by atoms with Crippen LogP contribution in [-0.2, 0) is 4.79 Å². The second-order valence-electron chi connectivity index (χ2n) is 7.21. The first-order valence-electron chi connectivity index (χ1n) is 10.1. The van der Waals surface area contributed by atoms with Gasteiger partial charge in [-0.3, -0.25) is 4.79 Å². The fourth-order valence-corrected chi connectivity index (χ4v) is 4.81. The van der Waals surface area contributed by atoms with Gasteiger partial charge in [-0.25, -0.2) is 0 Å². The van der Waals surface area contributed by atoms with E-state index in [1.165, 1.54) is 11.8 Å². The number of benzene rings is 2. The van der Waals surface area contributed by atoms with Gasteiger partial charge < -0.3 is 24.0 Å². The van der Waals surface area contributed by atoms with Crippen molar-refractivity contribution in [1.82, 2.24) is 4.90 Å². The van der Waals surface area contributed by atoms with Crippen molar-refractivity contribution in [3.63, 3.8) is 0 Å². The van der Waals surface area contributed by atoms with Crippen LogP contribution in [0.5, 0.6) is 17.2 Å². The maximum atomic E-state index is 12.6. The molecule has 4 rings (SSSR count). The molecule has 0 atom stereocenters. The number of aliphatic imine (C=N–C) groups is 1. The molecule has 0 aromatic heterocycles. The number of carbonyl (C=O) groups excluding carboxylic acids is 1. The Kier molecular flexibility index (Phi) is 6.81. The number of halogens is 1. The molecule has 0 spiro atoms. The molecule has 1 amide bonds. The Morgan fingerprint density at radius 1 is 0.938 bits per heavy atom. The van der Waals surface area contributed by atoms with Gasteiger partial charge in [-0.15, -0.1) is 0 Å². The molecule has 0 unspecified atom stereocenters. The molecule has 168 valence electrons. The van der Waals surface area contributed by atoms with E-state index in [2.05, 4.69) is 20.9 Å². The number of rotatable bonds is 5. The van der Waals surface area contributed by atoms with Crippen LogP contribution < -0.4 is 19.1 Å². The van der Waals surface area contributed by atoms with Gasteiger partial charge in [0.25, 0.3) is 5.91 Å². The lowest BCUT2D eigenvalue weighted by Crippen LogP contribution is -2.47. The molecule has 9 heteroatoms. The van der Waals surface area contributed by atoms with E-state index >= 15 is 0 Å². The summed E-state index contributed by atoms with van der Waals surface area (Å²) in [5.41, 5.74) is 1.83. The van der Waals surface area contributed by atoms with Crippen molar-refractivity contribution in [2.24, 2.45) is 4.99 Å². The Morgan fingerprint density at radius 3 is 2.25 bits per heavy atom. The topological polar surface area (TPSA) is 63.6 Å². The average Bonchev–Trinajstić information content (AvgIpc) is 3.19.